The molecular weight excluding hydrogens is 1140 g/mol. The summed E-state index contributed by atoms with van der Waals surface area (Å²) in [6.45, 7) is 5.92. The minimum atomic E-state index is -0.556. The first-order valence-electron chi connectivity index (χ1n) is 28.1. The smallest absolute Gasteiger partial charge is 0.229 e. The number of rotatable bonds is 3. The highest BCUT2D eigenvalue weighted by Crippen LogP contribution is 2.34. The number of H-pyrrole nitrogens is 1. The van der Waals surface area contributed by atoms with Gasteiger partial charge >= 0.3 is 0 Å². The first kappa shape index (κ1) is 57.4. The second-order valence-corrected chi connectivity index (χ2v) is 22.2. The maximum Gasteiger partial charge on any atom is 0.229 e. The maximum absolute atomic E-state index is 12.0. The standard InChI is InChI=1S/C16H9NO2.C15H15N3S.C14H12N2O.C13H11N3S.C12H7NO3/c18-13-9-15-16(11-6-2-1-5-10(11)13)17-12-7-3-4-8-14(12)19-15;1-3-17-11-5-7-13-15(9-11)19-14-8-10(16-2)4-6-12(14)18-13;1-2-16-13-6-4-3-5-11(13)15-12-8-7-10(17)9-14(12)16;1-15-9-3-5-11-13(7-9)17-12-6-8(14)2-4-10(12)16-11;14-9-5-8-12(6-10(9)15)16-11-4-2-1-3-7(11)13-8/h1-9H;4-9,17H,3H2,1-2H3;3-9H,2H2,1H3;2-7H,14H2,1H3;1-6,13H. The fourth-order valence-corrected chi connectivity index (χ4v) is 12.1. The molecule has 0 spiro atoms. The van der Waals surface area contributed by atoms with Gasteiger partial charge in [-0.25, -0.2) is 19.9 Å². The predicted molar refractivity (Wildman–Crippen MR) is 356 cm³/mol. The molecule has 0 aromatic heterocycles. The van der Waals surface area contributed by atoms with Crippen LogP contribution in [0.25, 0.3) is 120 Å². The second kappa shape index (κ2) is 25.2. The molecule has 5 aliphatic heterocycles. The molecule has 5 aliphatic carbocycles. The van der Waals surface area contributed by atoms with E-state index in [-0.39, 0.29) is 10.9 Å². The number of nitrogens with one attached hydrogen (secondary N) is 2. The molecule has 18 heteroatoms. The molecule has 0 unspecified atom stereocenters. The number of aromatic nitrogens is 6. The number of fused-ring (bicyclic) bond motifs is 12. The Morgan fingerprint density at radius 1 is 0.523 bits per heavy atom. The van der Waals surface area contributed by atoms with Crippen molar-refractivity contribution in [2.75, 3.05) is 31.7 Å². The van der Waals surface area contributed by atoms with Crippen LogP contribution in [0.4, 0.5) is 11.4 Å². The number of para-hydroxylation sites is 6. The van der Waals surface area contributed by atoms with Crippen molar-refractivity contribution in [2.24, 2.45) is 9.98 Å². The van der Waals surface area contributed by atoms with Gasteiger partial charge in [-0.1, -0.05) is 60.7 Å². The van der Waals surface area contributed by atoms with Crippen LogP contribution in [0.1, 0.15) is 13.8 Å². The molecule has 10 aliphatic rings. The quantitative estimate of drug-likeness (QED) is 0.0649. The Balaban J connectivity index is 0.000000107. The van der Waals surface area contributed by atoms with Crippen LogP contribution in [0, 0.1) is 0 Å². The lowest BCUT2D eigenvalue weighted by Gasteiger charge is -2.16. The van der Waals surface area contributed by atoms with E-state index in [9.17, 15) is 19.2 Å². The zero-order valence-corrected chi connectivity index (χ0v) is 49.7. The third-order valence-electron chi connectivity index (χ3n) is 14.3. The third kappa shape index (κ3) is 12.2. The number of aromatic amines is 1. The molecule has 0 bridgehead atoms. The van der Waals surface area contributed by atoms with Crippen molar-refractivity contribution in [1.82, 2.24) is 29.5 Å². The highest BCUT2D eigenvalue weighted by Gasteiger charge is 2.16. The van der Waals surface area contributed by atoms with Crippen LogP contribution in [0.2, 0.25) is 0 Å². The molecule has 0 fully saturated rings. The van der Waals surface area contributed by atoms with Crippen LogP contribution in [0.5, 0.6) is 0 Å². The molecule has 432 valence electrons. The zero-order chi connectivity index (χ0) is 60.8. The Morgan fingerprint density at radius 3 is 1.83 bits per heavy atom. The molecule has 6 aromatic carbocycles. The monoisotopic (exact) mass is 1190 g/mol. The van der Waals surface area contributed by atoms with Crippen LogP contribution in [-0.2, 0) is 6.54 Å². The van der Waals surface area contributed by atoms with Gasteiger partial charge in [0, 0.05) is 73.6 Å². The molecule has 0 saturated carbocycles. The maximum atomic E-state index is 12.0. The van der Waals surface area contributed by atoms with Crippen molar-refractivity contribution < 1.29 is 8.83 Å². The highest BCUT2D eigenvalue weighted by molar-refractivity contribution is 7.21. The lowest BCUT2D eigenvalue weighted by atomic mass is 10.1. The molecule has 0 atom stereocenters. The number of aryl methyl sites for hydroxylation is 1. The van der Waals surface area contributed by atoms with Crippen molar-refractivity contribution in [2.45, 2.75) is 20.4 Å². The summed E-state index contributed by atoms with van der Waals surface area (Å²) in [4.78, 5) is 78.1. The van der Waals surface area contributed by atoms with Crippen LogP contribution >= 0.6 is 22.7 Å². The van der Waals surface area contributed by atoms with E-state index in [0.29, 0.717) is 33.8 Å². The Hall–Kier alpha value is -11.1. The van der Waals surface area contributed by atoms with E-state index in [0.717, 1.165) is 112 Å². The Morgan fingerprint density at radius 2 is 1.11 bits per heavy atom. The van der Waals surface area contributed by atoms with Crippen LogP contribution < -0.4 is 43.5 Å². The molecule has 0 amide bonds. The Labute approximate surface area is 509 Å². The van der Waals surface area contributed by atoms with Crippen LogP contribution in [0.3, 0.4) is 0 Å². The molecule has 5 heterocycles. The predicted octanol–water partition coefficient (Wildman–Crippen LogP) is 13.4. The van der Waals surface area contributed by atoms with Gasteiger partial charge < -0.3 is 29.4 Å². The fraction of sp³-hybridized carbons (Fsp3) is 0.0857. The number of anilines is 2. The van der Waals surface area contributed by atoms with E-state index < -0.39 is 10.9 Å². The molecule has 0 radical (unpaired) electrons. The minimum Gasteiger partial charge on any atom is -0.453 e. The van der Waals surface area contributed by atoms with Gasteiger partial charge in [0.2, 0.25) is 10.9 Å². The molecule has 4 N–H and O–H groups in total. The fourth-order valence-electron chi connectivity index (χ4n) is 10.1. The summed E-state index contributed by atoms with van der Waals surface area (Å²) in [7, 11) is 3.60. The molecule has 0 saturated heterocycles. The van der Waals surface area contributed by atoms with Crippen molar-refractivity contribution in [3.05, 3.63) is 258 Å². The van der Waals surface area contributed by atoms with E-state index in [4.69, 9.17) is 19.6 Å². The average molecular weight is 1200 g/mol. The van der Waals surface area contributed by atoms with E-state index >= 15 is 0 Å². The van der Waals surface area contributed by atoms with Crippen molar-refractivity contribution in [3.63, 3.8) is 0 Å². The van der Waals surface area contributed by atoms with E-state index in [1.165, 1.54) is 27.8 Å². The van der Waals surface area contributed by atoms with Gasteiger partial charge in [-0.15, -0.1) is 22.7 Å². The van der Waals surface area contributed by atoms with Crippen molar-refractivity contribution in [1.29, 1.82) is 0 Å². The number of hydrogen-bond acceptors (Lipinski definition) is 16. The second-order valence-electron chi connectivity index (χ2n) is 20.1. The van der Waals surface area contributed by atoms with Gasteiger partial charge in [-0.05, 0) is 135 Å². The third-order valence-corrected chi connectivity index (χ3v) is 16.5. The van der Waals surface area contributed by atoms with Crippen LogP contribution in [-0.4, -0.2) is 50.1 Å². The first-order chi connectivity index (χ1) is 42.9. The SMILES string of the molecule is CCNc1ccc2nc3ccc(=NC)cc-3sc2c1.CCn1c2cc(=O)ccc-2nc2ccccc21.CN=c1ccc2nc3ccc(N)cc3sc-2c1.O=c1cc2[nH]c3ccccc3oc-2cc1=O.O=c1cc2oc3ccccc3nc-2c2ccccc12. The summed E-state index contributed by atoms with van der Waals surface area (Å²) in [6, 6.07) is 63.6. The Kier molecular flexibility index (Phi) is 16.5. The first-order valence-corrected chi connectivity index (χ1v) is 29.8. The number of hydrogen-bond donors (Lipinski definition) is 3. The molecule has 16 nitrogen and oxygen atoms in total. The average Bonchev–Trinajstić information content (AvgIpc) is 1.74. The summed E-state index contributed by atoms with van der Waals surface area (Å²) in [5.41, 5.74) is 18.6. The summed E-state index contributed by atoms with van der Waals surface area (Å²) in [5.74, 6) is 0.922. The number of benzene rings is 11. The number of nitrogen functional groups attached to an aromatic ring is 1. The van der Waals surface area contributed by atoms with E-state index in [1.807, 2.05) is 141 Å². The number of nitrogens with zero attached hydrogens (tertiary/aromatic N) is 7. The van der Waals surface area contributed by atoms with Gasteiger partial charge in [0.05, 0.1) is 85.9 Å². The lowest BCUT2D eigenvalue weighted by Crippen LogP contribution is -2.22. The van der Waals surface area contributed by atoms with E-state index in [2.05, 4.69) is 84.0 Å². The molecular formula is C70H54N10O6S2. The Bertz CT molecular complexity index is 5410. The number of nitrogens with two attached hydrogens (primary N) is 1. The lowest BCUT2D eigenvalue weighted by molar-refractivity contribution is 0.612. The zero-order valence-electron chi connectivity index (χ0n) is 48.0. The summed E-state index contributed by atoms with van der Waals surface area (Å²) in [5, 5.41) is 6.80. The summed E-state index contributed by atoms with van der Waals surface area (Å²) < 4.78 is 15.7. The summed E-state index contributed by atoms with van der Waals surface area (Å²) >= 11 is 3.45. The van der Waals surface area contributed by atoms with E-state index in [1.54, 1.807) is 54.0 Å². The largest absolute Gasteiger partial charge is 0.453 e. The van der Waals surface area contributed by atoms with Gasteiger partial charge in [-0.2, -0.15) is 0 Å². The van der Waals surface area contributed by atoms with Gasteiger partial charge in [0.1, 0.15) is 11.2 Å². The minimum absolute atomic E-state index is 0.0248. The van der Waals surface area contributed by atoms with Gasteiger partial charge in [0.15, 0.2) is 33.5 Å². The highest BCUT2D eigenvalue weighted by atomic mass is 32.1. The topological polar surface area (TPSA) is 230 Å². The summed E-state index contributed by atoms with van der Waals surface area (Å²) in [6.07, 6.45) is 0. The van der Waals surface area contributed by atoms with Crippen molar-refractivity contribution >= 4 is 98.5 Å². The van der Waals surface area contributed by atoms with Gasteiger partial charge in [-0.3, -0.25) is 29.2 Å². The normalized spacial score (nSPS) is 11.6. The van der Waals surface area contributed by atoms with Crippen LogP contribution in [0.15, 0.2) is 244 Å². The van der Waals surface area contributed by atoms with Crippen molar-refractivity contribution in [3.8, 4) is 55.4 Å². The molecule has 88 heavy (non-hydrogen) atoms. The van der Waals surface area contributed by atoms with Gasteiger partial charge in [0.25, 0.3) is 0 Å². The molecule has 6 aromatic rings. The molecule has 16 rings (SSSR count).